The molecule has 6 nitrogen and oxygen atoms in total. The van der Waals surface area contributed by atoms with Crippen LogP contribution in [-0.4, -0.2) is 30.6 Å². The minimum Gasteiger partial charge on any atom is -0.489 e. The van der Waals surface area contributed by atoms with Crippen LogP contribution < -0.4 is 4.74 Å². The SMILES string of the molecule is COC(C)(C)C.Cc1oc(Cc2cccc(Cl)c2)nc1-c1ccc(OCc2ccc(Br)cc2COCC=O)cc1. The van der Waals surface area contributed by atoms with E-state index in [9.17, 15) is 4.79 Å². The zero-order valence-corrected chi connectivity index (χ0v) is 25.8. The molecule has 0 aliphatic heterocycles. The number of rotatable bonds is 10. The molecule has 0 N–H and O–H groups in total. The first-order chi connectivity index (χ1) is 19.1. The van der Waals surface area contributed by atoms with Gasteiger partial charge in [0.2, 0.25) is 0 Å². The number of methoxy groups -OCH3 is 1. The van der Waals surface area contributed by atoms with E-state index in [1.54, 1.807) is 7.11 Å². The quantitative estimate of drug-likeness (QED) is 0.130. The molecule has 0 radical (unpaired) electrons. The summed E-state index contributed by atoms with van der Waals surface area (Å²) >= 11 is 9.56. The minimum absolute atomic E-state index is 0.0417. The molecule has 8 heteroatoms. The normalized spacial score (nSPS) is 11.1. The van der Waals surface area contributed by atoms with Crippen LogP contribution in [0.2, 0.25) is 5.02 Å². The number of aromatic nitrogens is 1. The molecular weight excluding hydrogens is 594 g/mol. The Morgan fingerprint density at radius 2 is 1.73 bits per heavy atom. The zero-order chi connectivity index (χ0) is 29.1. The van der Waals surface area contributed by atoms with Crippen LogP contribution in [0.5, 0.6) is 5.75 Å². The van der Waals surface area contributed by atoms with Crippen molar-refractivity contribution >= 4 is 33.8 Å². The topological polar surface area (TPSA) is 70.8 Å². The largest absolute Gasteiger partial charge is 0.489 e. The molecule has 4 aromatic rings. The van der Waals surface area contributed by atoms with Crippen molar-refractivity contribution in [3.05, 3.63) is 105 Å². The first-order valence-corrected chi connectivity index (χ1v) is 14.0. The Kier molecular flexibility index (Phi) is 11.9. The predicted octanol–water partition coefficient (Wildman–Crippen LogP) is 8.38. The Balaban J connectivity index is 0.000000663. The number of nitrogens with zero attached hydrogens (tertiary/aromatic N) is 1. The second-order valence-electron chi connectivity index (χ2n) is 10.0. The Morgan fingerprint density at radius 3 is 2.38 bits per heavy atom. The van der Waals surface area contributed by atoms with Crippen LogP contribution in [0, 0.1) is 6.92 Å². The van der Waals surface area contributed by atoms with Gasteiger partial charge in [0.15, 0.2) is 5.89 Å². The first kappa shape index (κ1) is 31.6. The van der Waals surface area contributed by atoms with Crippen LogP contribution in [0.4, 0.5) is 0 Å². The van der Waals surface area contributed by atoms with E-state index >= 15 is 0 Å². The molecule has 40 heavy (non-hydrogen) atoms. The van der Waals surface area contributed by atoms with Gasteiger partial charge in [-0.25, -0.2) is 4.98 Å². The molecule has 0 saturated heterocycles. The van der Waals surface area contributed by atoms with E-state index in [0.717, 1.165) is 50.2 Å². The van der Waals surface area contributed by atoms with Gasteiger partial charge < -0.3 is 23.4 Å². The zero-order valence-electron chi connectivity index (χ0n) is 23.5. The number of hydrogen-bond donors (Lipinski definition) is 0. The van der Waals surface area contributed by atoms with Crippen molar-refractivity contribution in [1.29, 1.82) is 0 Å². The van der Waals surface area contributed by atoms with Gasteiger partial charge >= 0.3 is 0 Å². The Bertz CT molecular complexity index is 1380. The number of oxazole rings is 1. The molecule has 1 aromatic heterocycles. The van der Waals surface area contributed by atoms with E-state index in [-0.39, 0.29) is 12.2 Å². The number of carbonyl (C=O) groups excluding carboxylic acids is 1. The molecule has 0 saturated carbocycles. The molecule has 0 amide bonds. The fourth-order valence-corrected chi connectivity index (χ4v) is 4.19. The molecule has 212 valence electrons. The van der Waals surface area contributed by atoms with E-state index < -0.39 is 0 Å². The maximum atomic E-state index is 10.5. The molecule has 1 heterocycles. The van der Waals surface area contributed by atoms with Crippen LogP contribution in [0.25, 0.3) is 11.3 Å². The fraction of sp³-hybridized carbons (Fsp3) is 0.312. The molecule has 0 bridgehead atoms. The summed E-state index contributed by atoms with van der Waals surface area (Å²) in [6.07, 6.45) is 1.32. The van der Waals surface area contributed by atoms with Crippen LogP contribution in [0.3, 0.4) is 0 Å². The van der Waals surface area contributed by atoms with E-state index in [4.69, 9.17) is 30.2 Å². The van der Waals surface area contributed by atoms with E-state index in [1.165, 1.54) is 0 Å². The average Bonchev–Trinajstić information content (AvgIpc) is 3.28. The summed E-state index contributed by atoms with van der Waals surface area (Å²) in [6.45, 7) is 8.78. The number of benzene rings is 3. The number of carbonyl (C=O) groups is 1. The molecule has 3 aromatic carbocycles. The van der Waals surface area contributed by atoms with Crippen molar-refractivity contribution < 1.29 is 23.4 Å². The third-order valence-corrected chi connectivity index (χ3v) is 6.56. The van der Waals surface area contributed by atoms with E-state index in [0.29, 0.717) is 30.5 Å². The molecule has 0 atom stereocenters. The van der Waals surface area contributed by atoms with Crippen molar-refractivity contribution in [3.63, 3.8) is 0 Å². The maximum absolute atomic E-state index is 10.5. The van der Waals surface area contributed by atoms with Crippen molar-refractivity contribution in [2.45, 2.75) is 52.9 Å². The average molecular weight is 629 g/mol. The second-order valence-corrected chi connectivity index (χ2v) is 11.4. The lowest BCUT2D eigenvalue weighted by molar-refractivity contribution is -0.112. The summed E-state index contributed by atoms with van der Waals surface area (Å²) in [5, 5.41) is 0.695. The van der Waals surface area contributed by atoms with Gasteiger partial charge in [-0.3, -0.25) is 0 Å². The molecule has 0 aliphatic carbocycles. The van der Waals surface area contributed by atoms with Crippen molar-refractivity contribution in [2.24, 2.45) is 0 Å². The first-order valence-electron chi connectivity index (χ1n) is 12.9. The molecule has 0 unspecified atom stereocenters. The van der Waals surface area contributed by atoms with Crippen LogP contribution in [-0.2, 0) is 33.9 Å². The number of aryl methyl sites for hydroxylation is 1. The lowest BCUT2D eigenvalue weighted by Gasteiger charge is -2.14. The van der Waals surface area contributed by atoms with Gasteiger partial charge in [0.05, 0.1) is 12.2 Å². The summed E-state index contributed by atoms with van der Waals surface area (Å²) in [5.41, 5.74) is 4.83. The van der Waals surface area contributed by atoms with Gasteiger partial charge in [-0.1, -0.05) is 45.7 Å². The van der Waals surface area contributed by atoms with Crippen LogP contribution in [0.1, 0.15) is 49.1 Å². The predicted molar refractivity (Wildman–Crippen MR) is 162 cm³/mol. The Hall–Kier alpha value is -2.97. The number of halogens is 2. The number of aldehydes is 1. The van der Waals surface area contributed by atoms with Crippen molar-refractivity contribution in [1.82, 2.24) is 4.98 Å². The summed E-state index contributed by atoms with van der Waals surface area (Å²) in [6, 6.07) is 21.4. The summed E-state index contributed by atoms with van der Waals surface area (Å²) in [4.78, 5) is 15.2. The number of hydrogen-bond acceptors (Lipinski definition) is 6. The molecule has 4 rings (SSSR count). The summed E-state index contributed by atoms with van der Waals surface area (Å²) < 4.78 is 23.1. The smallest absolute Gasteiger partial charge is 0.199 e. The van der Waals surface area contributed by atoms with Gasteiger partial charge in [-0.05, 0) is 92.9 Å². The van der Waals surface area contributed by atoms with Crippen LogP contribution >= 0.6 is 27.5 Å². The highest BCUT2D eigenvalue weighted by Crippen LogP contribution is 2.27. The Labute approximate surface area is 249 Å². The maximum Gasteiger partial charge on any atom is 0.199 e. The molecule has 0 fully saturated rings. The van der Waals surface area contributed by atoms with E-state index in [1.807, 2.05) is 94.4 Å². The van der Waals surface area contributed by atoms with E-state index in [2.05, 4.69) is 20.9 Å². The second kappa shape index (κ2) is 15.1. The fourth-order valence-electron chi connectivity index (χ4n) is 3.57. The van der Waals surface area contributed by atoms with Crippen LogP contribution in [0.15, 0.2) is 75.6 Å². The standard InChI is InChI=1S/C27H23BrClNO4.C5H12O/c1-18-27(30-26(34-18)14-19-3-2-4-24(29)13-19)20-6-9-25(10-7-20)33-17-21-5-8-23(28)15-22(21)16-32-12-11-31;1-5(2,3)6-4/h2-11,13,15H,12,14,16-17H2,1H3;1-4H3. The monoisotopic (exact) mass is 627 g/mol. The number of ether oxygens (including phenoxy) is 3. The molecular formula is C32H35BrClNO5. The lowest BCUT2D eigenvalue weighted by atomic mass is 10.1. The van der Waals surface area contributed by atoms with Gasteiger partial charge in [0, 0.05) is 28.6 Å². The van der Waals surface area contributed by atoms with Crippen molar-refractivity contribution in [2.75, 3.05) is 13.7 Å². The highest BCUT2D eigenvalue weighted by atomic mass is 79.9. The lowest BCUT2D eigenvalue weighted by Crippen LogP contribution is -2.15. The third kappa shape index (κ3) is 10.2. The highest BCUT2D eigenvalue weighted by Gasteiger charge is 2.13. The third-order valence-electron chi connectivity index (χ3n) is 5.83. The molecule has 0 spiro atoms. The van der Waals surface area contributed by atoms with Gasteiger partial charge in [0.1, 0.15) is 36.7 Å². The minimum atomic E-state index is 0.0417. The summed E-state index contributed by atoms with van der Waals surface area (Å²) in [5.74, 6) is 2.15. The van der Waals surface area contributed by atoms with Crippen molar-refractivity contribution in [3.8, 4) is 17.0 Å². The van der Waals surface area contributed by atoms with Gasteiger partial charge in [-0.15, -0.1) is 0 Å². The van der Waals surface area contributed by atoms with Gasteiger partial charge in [0.25, 0.3) is 0 Å². The summed E-state index contributed by atoms with van der Waals surface area (Å²) in [7, 11) is 1.71. The molecule has 0 aliphatic rings. The Morgan fingerprint density at radius 1 is 1.00 bits per heavy atom. The van der Waals surface area contributed by atoms with Gasteiger partial charge in [-0.2, -0.15) is 0 Å². The highest BCUT2D eigenvalue weighted by molar-refractivity contribution is 9.10.